The van der Waals surface area contributed by atoms with Crippen LogP contribution in [-0.4, -0.2) is 20.2 Å². The van der Waals surface area contributed by atoms with Crippen molar-refractivity contribution in [2.45, 2.75) is 17.5 Å². The summed E-state index contributed by atoms with van der Waals surface area (Å²) in [6.07, 6.45) is 0. The molecule has 2 heteroatoms. The highest BCUT2D eigenvalue weighted by Crippen LogP contribution is 2.20. The van der Waals surface area contributed by atoms with Crippen LogP contribution in [0.4, 0.5) is 0 Å². The second kappa shape index (κ2) is 7.87. The minimum Gasteiger partial charge on any atom is -0.253 e. The fraction of sp³-hybridized carbons (Fsp3) is 0.125. The lowest BCUT2D eigenvalue weighted by Gasteiger charge is -2.07. The molecule has 0 spiro atoms. The molecule has 26 heavy (non-hydrogen) atoms. The fourth-order valence-electron chi connectivity index (χ4n) is 3.33. The highest BCUT2D eigenvalue weighted by Gasteiger charge is 2.05. The first-order chi connectivity index (χ1) is 12.8. The zero-order valence-electron chi connectivity index (χ0n) is 15.0. The quantitative estimate of drug-likeness (QED) is 0.426. The molecule has 0 amide bonds. The molecule has 0 aliphatic carbocycles. The molecule has 0 N–H and O–H groups in total. The third-order valence-corrected chi connectivity index (χ3v) is 6.24. The number of aromatic nitrogens is 1. The maximum absolute atomic E-state index is 4.76. The Kier molecular flexibility index (Phi) is 5.16. The number of fused-ring (bicyclic) bond motifs is 1. The van der Waals surface area contributed by atoms with E-state index < -0.39 is 0 Å². The molecule has 0 atom stereocenters. The van der Waals surface area contributed by atoms with Gasteiger partial charge in [-0.05, 0) is 29.7 Å². The molecule has 1 nitrogen and oxygen atoms in total. The standard InChI is InChI=1S/C13H11.C11H10N.Al/c1-11-7-9-13(10-8-11)12-5-3-2-4-6-12;1-8-4-3-5-10-7-6-9(2)12-11(8)10;/h2-10H,1H2;3-7H,1H2,2H3;. The third-order valence-electron chi connectivity index (χ3n) is 4.75. The first-order valence-electron chi connectivity index (χ1n) is 9.11. The third kappa shape index (κ3) is 3.88. The van der Waals surface area contributed by atoms with E-state index in [2.05, 4.69) is 91.9 Å². The van der Waals surface area contributed by atoms with Crippen LogP contribution in [0.15, 0.2) is 84.9 Å². The van der Waals surface area contributed by atoms with Crippen molar-refractivity contribution in [2.75, 3.05) is 0 Å². The first-order valence-corrected chi connectivity index (χ1v) is 10.7. The highest BCUT2D eigenvalue weighted by atomic mass is 27.1. The van der Waals surface area contributed by atoms with Crippen molar-refractivity contribution < 1.29 is 0 Å². The summed E-state index contributed by atoms with van der Waals surface area (Å²) >= 11 is 0.335. The number of hydrogen-bond acceptors (Lipinski definition) is 1. The van der Waals surface area contributed by atoms with Gasteiger partial charge in [0, 0.05) is 11.1 Å². The number of hydrogen-bond donors (Lipinski definition) is 0. The SMILES string of the molecule is Cc1ccc2cccc([CH2][Al][CH2]c3ccc(-c4ccccc4)cc3)c2n1. The molecular formula is C24H21AlN. The van der Waals surface area contributed by atoms with E-state index in [0.717, 1.165) is 11.0 Å². The summed E-state index contributed by atoms with van der Waals surface area (Å²) in [5.74, 6) is 0. The van der Waals surface area contributed by atoms with Crippen LogP contribution in [0.5, 0.6) is 0 Å². The van der Waals surface area contributed by atoms with Gasteiger partial charge in [-0.2, -0.15) is 0 Å². The van der Waals surface area contributed by atoms with Gasteiger partial charge in [0.25, 0.3) is 0 Å². The molecule has 0 saturated carbocycles. The van der Waals surface area contributed by atoms with E-state index in [1.165, 1.54) is 38.4 Å². The number of rotatable bonds is 5. The smallest absolute Gasteiger partial charge is 0.214 e. The van der Waals surface area contributed by atoms with E-state index in [-0.39, 0.29) is 0 Å². The normalized spacial score (nSPS) is 10.8. The highest BCUT2D eigenvalue weighted by molar-refractivity contribution is 6.34. The molecule has 0 fully saturated rings. The molecule has 0 saturated heterocycles. The number of para-hydroxylation sites is 1. The maximum Gasteiger partial charge on any atom is 0.214 e. The average Bonchev–Trinajstić information content (AvgIpc) is 2.69. The predicted molar refractivity (Wildman–Crippen MR) is 112 cm³/mol. The average molecular weight is 350 g/mol. The van der Waals surface area contributed by atoms with Crippen molar-refractivity contribution in [1.82, 2.24) is 4.98 Å². The van der Waals surface area contributed by atoms with Crippen LogP contribution in [0.2, 0.25) is 0 Å². The molecule has 3 aromatic carbocycles. The molecule has 0 aliphatic rings. The second-order valence-corrected chi connectivity index (χ2v) is 8.10. The fourth-order valence-corrected chi connectivity index (χ4v) is 4.72. The Morgan fingerprint density at radius 2 is 1.46 bits per heavy atom. The van der Waals surface area contributed by atoms with Crippen molar-refractivity contribution in [1.29, 1.82) is 0 Å². The van der Waals surface area contributed by atoms with Crippen LogP contribution in [0.3, 0.4) is 0 Å². The molecule has 1 aromatic heterocycles. The lowest BCUT2D eigenvalue weighted by Crippen LogP contribution is -2.03. The summed E-state index contributed by atoms with van der Waals surface area (Å²) in [4.78, 5) is 4.76. The van der Waals surface area contributed by atoms with Crippen molar-refractivity contribution >= 4 is 26.1 Å². The van der Waals surface area contributed by atoms with Gasteiger partial charge in [-0.3, -0.25) is 4.98 Å². The largest absolute Gasteiger partial charge is 0.253 e. The van der Waals surface area contributed by atoms with E-state index in [1.807, 2.05) is 0 Å². The van der Waals surface area contributed by atoms with Crippen molar-refractivity contribution in [2.24, 2.45) is 0 Å². The van der Waals surface area contributed by atoms with Crippen molar-refractivity contribution in [3.8, 4) is 11.1 Å². The van der Waals surface area contributed by atoms with Gasteiger partial charge >= 0.3 is 0 Å². The Balaban J connectivity index is 1.43. The topological polar surface area (TPSA) is 12.9 Å². The van der Waals surface area contributed by atoms with Crippen LogP contribution in [0, 0.1) is 6.92 Å². The summed E-state index contributed by atoms with van der Waals surface area (Å²) in [7, 11) is 0. The van der Waals surface area contributed by atoms with Gasteiger partial charge in [0.05, 0.1) is 5.52 Å². The molecule has 1 radical (unpaired) electrons. The number of nitrogens with zero attached hydrogens (tertiary/aromatic N) is 1. The number of benzene rings is 3. The summed E-state index contributed by atoms with van der Waals surface area (Å²) < 4.78 is 0. The van der Waals surface area contributed by atoms with E-state index in [4.69, 9.17) is 4.98 Å². The Bertz CT molecular complexity index is 1010. The monoisotopic (exact) mass is 350 g/mol. The molecular weight excluding hydrogens is 329 g/mol. The maximum atomic E-state index is 4.76. The summed E-state index contributed by atoms with van der Waals surface area (Å²) in [5, 5.41) is 3.57. The Labute approximate surface area is 161 Å². The molecule has 0 aliphatic heterocycles. The first kappa shape index (κ1) is 17.0. The lowest BCUT2D eigenvalue weighted by molar-refractivity contribution is 1.23. The van der Waals surface area contributed by atoms with Gasteiger partial charge in [0.2, 0.25) is 15.2 Å². The minimum absolute atomic E-state index is 0.335. The van der Waals surface area contributed by atoms with Crippen LogP contribution < -0.4 is 0 Å². The van der Waals surface area contributed by atoms with Gasteiger partial charge in [-0.15, -0.1) is 0 Å². The molecule has 125 valence electrons. The summed E-state index contributed by atoms with van der Waals surface area (Å²) in [6, 6.07) is 30.4. The van der Waals surface area contributed by atoms with Gasteiger partial charge in [0.15, 0.2) is 0 Å². The zero-order chi connectivity index (χ0) is 17.8. The van der Waals surface area contributed by atoms with Gasteiger partial charge in [0.1, 0.15) is 0 Å². The van der Waals surface area contributed by atoms with Gasteiger partial charge < -0.3 is 0 Å². The molecule has 0 bridgehead atoms. The van der Waals surface area contributed by atoms with Gasteiger partial charge in [-0.1, -0.05) is 95.0 Å². The molecule has 0 unspecified atom stereocenters. The molecule has 4 aromatic rings. The Morgan fingerprint density at radius 1 is 0.692 bits per heavy atom. The Hall–Kier alpha value is -2.40. The van der Waals surface area contributed by atoms with Crippen molar-refractivity contribution in [3.63, 3.8) is 0 Å². The lowest BCUT2D eigenvalue weighted by atomic mass is 10.0. The van der Waals surface area contributed by atoms with E-state index in [1.54, 1.807) is 0 Å². The van der Waals surface area contributed by atoms with Gasteiger partial charge in [-0.25, -0.2) is 0 Å². The zero-order valence-corrected chi connectivity index (χ0v) is 16.2. The van der Waals surface area contributed by atoms with E-state index >= 15 is 0 Å². The minimum atomic E-state index is 0.335. The van der Waals surface area contributed by atoms with Crippen LogP contribution in [0.1, 0.15) is 16.8 Å². The van der Waals surface area contributed by atoms with E-state index in [0.29, 0.717) is 15.2 Å². The molecule has 1 heterocycles. The summed E-state index contributed by atoms with van der Waals surface area (Å²) in [6.45, 7) is 2.07. The van der Waals surface area contributed by atoms with E-state index in [9.17, 15) is 0 Å². The van der Waals surface area contributed by atoms with Crippen LogP contribution >= 0.6 is 0 Å². The second-order valence-electron chi connectivity index (χ2n) is 6.70. The van der Waals surface area contributed by atoms with Crippen molar-refractivity contribution in [3.05, 3.63) is 102 Å². The van der Waals surface area contributed by atoms with Crippen LogP contribution in [0.25, 0.3) is 22.0 Å². The molecule has 4 rings (SSSR count). The predicted octanol–water partition coefficient (Wildman–Crippen LogP) is 5.61. The Morgan fingerprint density at radius 3 is 2.27 bits per heavy atom. The number of pyridine rings is 1. The summed E-state index contributed by atoms with van der Waals surface area (Å²) in [5.41, 5.74) is 7.67. The number of aryl methyl sites for hydroxylation is 1. The van der Waals surface area contributed by atoms with Crippen LogP contribution in [-0.2, 0) is 10.6 Å².